The predicted molar refractivity (Wildman–Crippen MR) is 93.0 cm³/mol. The molecule has 4 nitrogen and oxygen atoms in total. The molecule has 0 bridgehead atoms. The van der Waals surface area contributed by atoms with Crippen LogP contribution in [0.25, 0.3) is 0 Å². The molecule has 1 aliphatic carbocycles. The predicted octanol–water partition coefficient (Wildman–Crippen LogP) is 2.29. The van der Waals surface area contributed by atoms with Gasteiger partial charge in [0.15, 0.2) is 0 Å². The molecule has 0 unspecified atom stereocenters. The fourth-order valence-corrected chi connectivity index (χ4v) is 4.99. The van der Waals surface area contributed by atoms with E-state index in [4.69, 9.17) is 0 Å². The number of quaternary nitrogens is 1. The zero-order valence-corrected chi connectivity index (χ0v) is 14.6. The van der Waals surface area contributed by atoms with Gasteiger partial charge in [-0.25, -0.2) is 0 Å². The lowest BCUT2D eigenvalue weighted by Crippen LogP contribution is -3.12. The van der Waals surface area contributed by atoms with Crippen molar-refractivity contribution in [1.29, 1.82) is 5.26 Å². The molecule has 1 fully saturated rings. The minimum Gasteiger partial charge on any atom is -0.335 e. The molecule has 1 amide bonds. The van der Waals surface area contributed by atoms with Crippen molar-refractivity contribution >= 4 is 22.2 Å². The van der Waals surface area contributed by atoms with Gasteiger partial charge in [0.05, 0.1) is 31.6 Å². The van der Waals surface area contributed by atoms with Crippen LogP contribution >= 0.6 is 11.3 Å². The van der Waals surface area contributed by atoms with E-state index in [1.165, 1.54) is 55.6 Å². The highest BCUT2D eigenvalue weighted by Gasteiger charge is 2.22. The molecular formula is C18H26N3OS+. The van der Waals surface area contributed by atoms with E-state index in [0.717, 1.165) is 36.4 Å². The number of likely N-dealkylation sites (tertiary alicyclic amines) is 1. The zero-order chi connectivity index (χ0) is 16.1. The van der Waals surface area contributed by atoms with E-state index in [-0.39, 0.29) is 5.91 Å². The summed E-state index contributed by atoms with van der Waals surface area (Å²) < 4.78 is 0. The molecule has 0 saturated carbocycles. The van der Waals surface area contributed by atoms with E-state index in [2.05, 4.69) is 11.4 Å². The van der Waals surface area contributed by atoms with Crippen LogP contribution in [0.5, 0.6) is 0 Å². The van der Waals surface area contributed by atoms with Gasteiger partial charge >= 0.3 is 0 Å². The Hall–Kier alpha value is -1.38. The minimum absolute atomic E-state index is 0.0665. The Morgan fingerprint density at radius 1 is 1.13 bits per heavy atom. The summed E-state index contributed by atoms with van der Waals surface area (Å²) in [5.74, 6) is 0.0665. The van der Waals surface area contributed by atoms with E-state index in [9.17, 15) is 10.1 Å². The Kier molecular flexibility index (Phi) is 5.69. The second kappa shape index (κ2) is 7.94. The fourth-order valence-electron chi connectivity index (χ4n) is 3.73. The number of nitriles is 1. The van der Waals surface area contributed by atoms with Crippen molar-refractivity contribution in [2.24, 2.45) is 0 Å². The SMILES string of the molecule is N#Cc1c(NC(=O)CC[NH+]2CCCCCC2)sc2c1CCCC2. The molecular weight excluding hydrogens is 306 g/mol. The van der Waals surface area contributed by atoms with Crippen LogP contribution in [0, 0.1) is 11.3 Å². The van der Waals surface area contributed by atoms with Crippen LogP contribution < -0.4 is 10.2 Å². The van der Waals surface area contributed by atoms with Crippen molar-refractivity contribution in [2.45, 2.75) is 57.8 Å². The first-order valence-corrected chi connectivity index (χ1v) is 9.77. The Labute approximate surface area is 142 Å². The maximum absolute atomic E-state index is 12.3. The van der Waals surface area contributed by atoms with Gasteiger partial charge in [-0.2, -0.15) is 5.26 Å². The van der Waals surface area contributed by atoms with Crippen molar-refractivity contribution in [3.8, 4) is 6.07 Å². The molecule has 1 aliphatic heterocycles. The topological polar surface area (TPSA) is 57.3 Å². The quantitative estimate of drug-likeness (QED) is 0.889. The number of hydrogen-bond donors (Lipinski definition) is 2. The average Bonchev–Trinajstić information content (AvgIpc) is 2.72. The molecule has 1 aromatic rings. The second-order valence-electron chi connectivity index (χ2n) is 6.74. The van der Waals surface area contributed by atoms with E-state index >= 15 is 0 Å². The number of nitrogens with one attached hydrogen (secondary N) is 2. The Morgan fingerprint density at radius 2 is 1.87 bits per heavy atom. The first-order chi connectivity index (χ1) is 11.3. The van der Waals surface area contributed by atoms with Gasteiger partial charge in [-0.15, -0.1) is 11.3 Å². The summed E-state index contributed by atoms with van der Waals surface area (Å²) in [6, 6.07) is 2.31. The second-order valence-corrected chi connectivity index (χ2v) is 7.84. The molecule has 5 heteroatoms. The van der Waals surface area contributed by atoms with Crippen LogP contribution in [-0.2, 0) is 17.6 Å². The highest BCUT2D eigenvalue weighted by molar-refractivity contribution is 7.16. The minimum atomic E-state index is 0.0665. The number of fused-ring (bicyclic) bond motifs is 1. The Bertz CT molecular complexity index is 594. The Morgan fingerprint density at radius 3 is 2.61 bits per heavy atom. The molecule has 1 aromatic heterocycles. The highest BCUT2D eigenvalue weighted by atomic mass is 32.1. The first-order valence-electron chi connectivity index (χ1n) is 8.96. The van der Waals surface area contributed by atoms with Gasteiger partial charge in [0.2, 0.25) is 5.91 Å². The van der Waals surface area contributed by atoms with Crippen molar-refractivity contribution < 1.29 is 9.69 Å². The normalized spacial score (nSPS) is 18.7. The number of nitrogens with zero attached hydrogens (tertiary/aromatic N) is 1. The molecule has 2 heterocycles. The largest absolute Gasteiger partial charge is 0.335 e. The summed E-state index contributed by atoms with van der Waals surface area (Å²) in [6.07, 6.45) is 10.2. The van der Waals surface area contributed by atoms with Crippen molar-refractivity contribution in [3.05, 3.63) is 16.0 Å². The zero-order valence-electron chi connectivity index (χ0n) is 13.7. The van der Waals surface area contributed by atoms with Gasteiger partial charge in [0, 0.05) is 4.88 Å². The number of carbonyl (C=O) groups is 1. The molecule has 2 N–H and O–H groups in total. The monoisotopic (exact) mass is 332 g/mol. The van der Waals surface area contributed by atoms with Crippen molar-refractivity contribution in [2.75, 3.05) is 25.0 Å². The summed E-state index contributed by atoms with van der Waals surface area (Å²) >= 11 is 1.62. The van der Waals surface area contributed by atoms with Crippen LogP contribution in [0.1, 0.15) is 60.9 Å². The van der Waals surface area contributed by atoms with Crippen LogP contribution in [0.3, 0.4) is 0 Å². The molecule has 0 radical (unpaired) electrons. The van der Waals surface area contributed by atoms with Crippen LogP contribution in [0.15, 0.2) is 0 Å². The third-order valence-corrected chi connectivity index (χ3v) is 6.26. The number of anilines is 1. The number of amides is 1. The van der Waals surface area contributed by atoms with E-state index < -0.39 is 0 Å². The molecule has 0 aromatic carbocycles. The molecule has 0 atom stereocenters. The molecule has 124 valence electrons. The van der Waals surface area contributed by atoms with Gasteiger partial charge in [-0.1, -0.05) is 0 Å². The molecule has 23 heavy (non-hydrogen) atoms. The lowest BCUT2D eigenvalue weighted by atomic mass is 9.96. The number of aryl methyl sites for hydroxylation is 1. The standard InChI is InChI=1S/C18H25N3OS/c19-13-15-14-7-3-4-8-16(14)23-18(15)20-17(22)9-12-21-10-5-1-2-6-11-21/h1-12H2,(H,20,22)/p+1. The molecule has 2 aliphatic rings. The summed E-state index contributed by atoms with van der Waals surface area (Å²) in [7, 11) is 0. The first kappa shape index (κ1) is 16.5. The summed E-state index contributed by atoms with van der Waals surface area (Å²) in [5, 5.41) is 13.2. The lowest BCUT2D eigenvalue weighted by molar-refractivity contribution is -0.898. The van der Waals surface area contributed by atoms with E-state index in [1.54, 1.807) is 16.2 Å². The van der Waals surface area contributed by atoms with Crippen LogP contribution in [0.4, 0.5) is 5.00 Å². The smallest absolute Gasteiger partial charge is 0.230 e. The summed E-state index contributed by atoms with van der Waals surface area (Å²) in [5.41, 5.74) is 1.91. The van der Waals surface area contributed by atoms with Gasteiger partial charge in [-0.3, -0.25) is 4.79 Å². The molecule has 0 spiro atoms. The number of carbonyl (C=O) groups excluding carboxylic acids is 1. The number of thiophene rings is 1. The van der Waals surface area contributed by atoms with Gasteiger partial charge in [-0.05, 0) is 56.9 Å². The average molecular weight is 332 g/mol. The van der Waals surface area contributed by atoms with Gasteiger partial charge in [0.25, 0.3) is 0 Å². The van der Waals surface area contributed by atoms with Gasteiger partial charge < -0.3 is 10.2 Å². The van der Waals surface area contributed by atoms with Gasteiger partial charge in [0.1, 0.15) is 11.1 Å². The van der Waals surface area contributed by atoms with Crippen LogP contribution in [-0.4, -0.2) is 25.5 Å². The summed E-state index contributed by atoms with van der Waals surface area (Å²) in [6.45, 7) is 3.31. The highest BCUT2D eigenvalue weighted by Crippen LogP contribution is 2.37. The fraction of sp³-hybridized carbons (Fsp3) is 0.667. The van der Waals surface area contributed by atoms with Crippen LogP contribution in [0.2, 0.25) is 0 Å². The third-order valence-electron chi connectivity index (χ3n) is 5.05. The molecule has 3 rings (SSSR count). The maximum atomic E-state index is 12.3. The van der Waals surface area contributed by atoms with Crippen molar-refractivity contribution in [3.63, 3.8) is 0 Å². The number of rotatable bonds is 4. The van der Waals surface area contributed by atoms with Crippen molar-refractivity contribution in [1.82, 2.24) is 0 Å². The maximum Gasteiger partial charge on any atom is 0.230 e. The summed E-state index contributed by atoms with van der Waals surface area (Å²) in [4.78, 5) is 15.2. The number of hydrogen-bond acceptors (Lipinski definition) is 3. The molecule has 1 saturated heterocycles. The lowest BCUT2D eigenvalue weighted by Gasteiger charge is -2.16. The van der Waals surface area contributed by atoms with E-state index in [1.807, 2.05) is 0 Å². The third kappa shape index (κ3) is 4.13. The van der Waals surface area contributed by atoms with E-state index in [0.29, 0.717) is 6.42 Å². The Balaban J connectivity index is 1.57.